The van der Waals surface area contributed by atoms with Crippen LogP contribution in [0.1, 0.15) is 25.5 Å². The Bertz CT molecular complexity index is 1660. The maximum Gasteiger partial charge on any atom is 0.239 e. The Kier molecular flexibility index (Phi) is 7.51. The molecule has 6 atom stereocenters. The third-order valence-electron chi connectivity index (χ3n) is 6.99. The SMILES string of the molecule is CC(O[C@@H]1[C@@H](Oc2c(-c3ccc(O)cc3)oc3cc(O)cc(O)c3c2=O)O[C@H](C)[C@H](O)[C@@H]1O)c1cc(O)c(O)c(O)c1. The van der Waals surface area contributed by atoms with Crippen LogP contribution in [0.25, 0.3) is 22.3 Å². The lowest BCUT2D eigenvalue weighted by molar-refractivity contribution is -0.287. The number of fused-ring (bicyclic) bond motifs is 1. The van der Waals surface area contributed by atoms with Crippen molar-refractivity contribution in [2.45, 2.75) is 50.7 Å². The van der Waals surface area contributed by atoms with Gasteiger partial charge in [-0.25, -0.2) is 0 Å². The minimum absolute atomic E-state index is 0.0741. The molecule has 3 aromatic carbocycles. The van der Waals surface area contributed by atoms with Gasteiger partial charge < -0.3 is 59.5 Å². The first-order valence-corrected chi connectivity index (χ1v) is 12.8. The smallest absolute Gasteiger partial charge is 0.239 e. The Morgan fingerprint density at radius 2 is 1.48 bits per heavy atom. The molecular formula is C29H28O13. The predicted molar refractivity (Wildman–Crippen MR) is 145 cm³/mol. The third kappa shape index (κ3) is 5.21. The van der Waals surface area contributed by atoms with E-state index in [-0.39, 0.29) is 39.4 Å². The summed E-state index contributed by atoms with van der Waals surface area (Å²) in [5.74, 6) is -3.67. The van der Waals surface area contributed by atoms with E-state index in [1.807, 2.05) is 0 Å². The summed E-state index contributed by atoms with van der Waals surface area (Å²) in [6.45, 7) is 2.95. The Morgan fingerprint density at radius 1 is 0.833 bits per heavy atom. The lowest BCUT2D eigenvalue weighted by Gasteiger charge is -2.42. The first-order chi connectivity index (χ1) is 19.8. The minimum atomic E-state index is -1.62. The molecule has 4 aromatic rings. The van der Waals surface area contributed by atoms with Gasteiger partial charge in [-0.3, -0.25) is 4.79 Å². The van der Waals surface area contributed by atoms with Gasteiger partial charge in [-0.1, -0.05) is 0 Å². The number of rotatable bonds is 6. The van der Waals surface area contributed by atoms with E-state index in [9.17, 15) is 45.6 Å². The number of benzene rings is 3. The van der Waals surface area contributed by atoms with Crippen molar-refractivity contribution < 1.29 is 59.5 Å². The minimum Gasteiger partial charge on any atom is -0.508 e. The second-order valence-corrected chi connectivity index (χ2v) is 9.93. The molecule has 1 fully saturated rings. The normalized spacial score (nSPS) is 23.1. The first-order valence-electron chi connectivity index (χ1n) is 12.8. The van der Waals surface area contributed by atoms with Gasteiger partial charge >= 0.3 is 0 Å². The first kappa shape index (κ1) is 28.8. The summed E-state index contributed by atoms with van der Waals surface area (Å²) >= 11 is 0. The maximum atomic E-state index is 13.7. The molecule has 1 unspecified atom stereocenters. The van der Waals surface area contributed by atoms with E-state index in [1.54, 1.807) is 0 Å². The Hall–Kier alpha value is -4.69. The summed E-state index contributed by atoms with van der Waals surface area (Å²) in [7, 11) is 0. The highest BCUT2D eigenvalue weighted by Crippen LogP contribution is 2.40. The Morgan fingerprint density at radius 3 is 2.12 bits per heavy atom. The highest BCUT2D eigenvalue weighted by atomic mass is 16.7. The van der Waals surface area contributed by atoms with Gasteiger partial charge in [0.25, 0.3) is 0 Å². The van der Waals surface area contributed by atoms with Crippen LogP contribution in [0.5, 0.6) is 40.2 Å². The van der Waals surface area contributed by atoms with E-state index in [1.165, 1.54) is 38.1 Å². The summed E-state index contributed by atoms with van der Waals surface area (Å²) in [4.78, 5) is 13.7. The van der Waals surface area contributed by atoms with Gasteiger partial charge in [-0.2, -0.15) is 0 Å². The van der Waals surface area contributed by atoms with Crippen LogP contribution in [-0.4, -0.2) is 71.6 Å². The average molecular weight is 585 g/mol. The molecular weight excluding hydrogens is 556 g/mol. The lowest BCUT2D eigenvalue weighted by Crippen LogP contribution is -2.59. The van der Waals surface area contributed by atoms with E-state index >= 15 is 0 Å². The van der Waals surface area contributed by atoms with Crippen molar-refractivity contribution in [1.29, 1.82) is 0 Å². The summed E-state index contributed by atoms with van der Waals surface area (Å²) in [6, 6.07) is 9.85. The van der Waals surface area contributed by atoms with Crippen LogP contribution < -0.4 is 10.2 Å². The molecule has 5 rings (SSSR count). The highest BCUT2D eigenvalue weighted by Gasteiger charge is 2.46. The molecule has 8 N–H and O–H groups in total. The van der Waals surface area contributed by atoms with E-state index in [0.717, 1.165) is 24.3 Å². The molecule has 0 aliphatic carbocycles. The molecule has 1 saturated heterocycles. The summed E-state index contributed by atoms with van der Waals surface area (Å²) < 4.78 is 23.6. The van der Waals surface area contributed by atoms with Crippen LogP contribution >= 0.6 is 0 Å². The van der Waals surface area contributed by atoms with E-state index in [2.05, 4.69) is 0 Å². The van der Waals surface area contributed by atoms with Gasteiger partial charge in [0.1, 0.15) is 46.5 Å². The number of ether oxygens (including phenoxy) is 3. The molecule has 0 amide bonds. The molecule has 0 saturated carbocycles. The summed E-state index contributed by atoms with van der Waals surface area (Å²) in [5.41, 5.74) is -0.597. The van der Waals surface area contributed by atoms with Gasteiger partial charge in [-0.15, -0.1) is 0 Å². The molecule has 1 aliphatic heterocycles. The number of aliphatic hydroxyl groups is 2. The van der Waals surface area contributed by atoms with Crippen LogP contribution in [0.3, 0.4) is 0 Å². The van der Waals surface area contributed by atoms with Crippen molar-refractivity contribution in [3.63, 3.8) is 0 Å². The molecule has 13 nitrogen and oxygen atoms in total. The van der Waals surface area contributed by atoms with Crippen molar-refractivity contribution in [2.75, 3.05) is 0 Å². The number of aliphatic hydroxyl groups excluding tert-OH is 2. The molecule has 2 heterocycles. The van der Waals surface area contributed by atoms with Crippen LogP contribution in [-0.2, 0) is 9.47 Å². The van der Waals surface area contributed by atoms with Crippen molar-refractivity contribution in [3.8, 4) is 51.6 Å². The van der Waals surface area contributed by atoms with Gasteiger partial charge in [0.2, 0.25) is 17.5 Å². The van der Waals surface area contributed by atoms with Crippen LogP contribution in [0.4, 0.5) is 0 Å². The summed E-state index contributed by atoms with van der Waals surface area (Å²) in [5, 5.41) is 80.9. The average Bonchev–Trinajstić information content (AvgIpc) is 2.93. The standard InChI is InChI=1S/C29H28O13/c1-11(14-7-18(33)23(36)19(34)8-14)39-28-25(38)22(35)12(2)40-29(28)42-27-24(37)21-17(32)9-16(31)10-20(21)41-26(27)13-3-5-15(30)6-4-13/h3-12,22,25,28-36,38H,1-2H3/t11?,12-,22+,25+,28+,29-/m1/s1. The monoisotopic (exact) mass is 584 g/mol. The number of phenols is 6. The second-order valence-electron chi connectivity index (χ2n) is 9.93. The number of hydrogen-bond donors (Lipinski definition) is 8. The molecule has 222 valence electrons. The van der Waals surface area contributed by atoms with Crippen molar-refractivity contribution >= 4 is 11.0 Å². The molecule has 1 aromatic heterocycles. The third-order valence-corrected chi connectivity index (χ3v) is 6.99. The van der Waals surface area contributed by atoms with Gasteiger partial charge in [0, 0.05) is 17.7 Å². The molecule has 42 heavy (non-hydrogen) atoms. The fourth-order valence-electron chi connectivity index (χ4n) is 4.71. The van der Waals surface area contributed by atoms with Crippen molar-refractivity contribution in [2.24, 2.45) is 0 Å². The fraction of sp³-hybridized carbons (Fsp3) is 0.276. The fourth-order valence-corrected chi connectivity index (χ4v) is 4.71. The van der Waals surface area contributed by atoms with Crippen molar-refractivity contribution in [3.05, 3.63) is 64.3 Å². The van der Waals surface area contributed by atoms with Crippen LogP contribution in [0.15, 0.2) is 57.7 Å². The van der Waals surface area contributed by atoms with E-state index < -0.39 is 71.0 Å². The van der Waals surface area contributed by atoms with E-state index in [4.69, 9.17) is 18.6 Å². The zero-order valence-corrected chi connectivity index (χ0v) is 22.2. The van der Waals surface area contributed by atoms with Crippen LogP contribution in [0.2, 0.25) is 0 Å². The van der Waals surface area contributed by atoms with Gasteiger partial charge in [0.05, 0.1) is 12.2 Å². The summed E-state index contributed by atoms with van der Waals surface area (Å²) in [6.07, 6.45) is -8.09. The maximum absolute atomic E-state index is 13.7. The zero-order chi connectivity index (χ0) is 30.5. The van der Waals surface area contributed by atoms with Gasteiger partial charge in [-0.05, 0) is 55.8 Å². The molecule has 0 spiro atoms. The zero-order valence-electron chi connectivity index (χ0n) is 22.2. The highest BCUT2D eigenvalue weighted by molar-refractivity contribution is 5.88. The number of hydrogen-bond acceptors (Lipinski definition) is 13. The van der Waals surface area contributed by atoms with Crippen molar-refractivity contribution in [1.82, 2.24) is 0 Å². The molecule has 0 radical (unpaired) electrons. The molecule has 13 heteroatoms. The quantitative estimate of drug-likeness (QED) is 0.153. The topological polar surface area (TPSA) is 220 Å². The molecule has 1 aliphatic rings. The predicted octanol–water partition coefficient (Wildman–Crippen LogP) is 2.69. The van der Waals surface area contributed by atoms with Gasteiger partial charge in [0.15, 0.2) is 23.0 Å². The Labute approximate surface area is 237 Å². The number of aromatic hydroxyl groups is 6. The largest absolute Gasteiger partial charge is 0.508 e. The number of phenolic OH excluding ortho intramolecular Hbond substituents is 6. The van der Waals surface area contributed by atoms with Crippen LogP contribution in [0, 0.1) is 0 Å². The lowest BCUT2D eigenvalue weighted by atomic mass is 9.99. The second kappa shape index (κ2) is 10.9. The molecule has 0 bridgehead atoms. The Balaban J connectivity index is 1.60. The van der Waals surface area contributed by atoms with E-state index in [0.29, 0.717) is 0 Å².